The van der Waals surface area contributed by atoms with Gasteiger partial charge in [-0.05, 0) is 42.0 Å². The third-order valence-electron chi connectivity index (χ3n) is 3.36. The summed E-state index contributed by atoms with van der Waals surface area (Å²) in [7, 11) is 0. The van der Waals surface area contributed by atoms with Gasteiger partial charge in [0, 0.05) is 5.56 Å². The average molecular weight is 272 g/mol. The van der Waals surface area contributed by atoms with Gasteiger partial charge in [-0.25, -0.2) is 4.39 Å². The molecule has 0 aromatic heterocycles. The van der Waals surface area contributed by atoms with Crippen molar-refractivity contribution in [3.63, 3.8) is 0 Å². The van der Waals surface area contributed by atoms with E-state index in [0.717, 1.165) is 17.5 Å². The molecule has 0 saturated carbocycles. The topological polar surface area (TPSA) is 20.2 Å². The van der Waals surface area contributed by atoms with E-state index in [1.165, 1.54) is 11.6 Å². The van der Waals surface area contributed by atoms with E-state index >= 15 is 0 Å². The zero-order valence-corrected chi connectivity index (χ0v) is 12.2. The Kier molecular flexibility index (Phi) is 4.56. The Morgan fingerprint density at radius 1 is 1.10 bits per heavy atom. The van der Waals surface area contributed by atoms with Crippen molar-refractivity contribution >= 4 is 0 Å². The summed E-state index contributed by atoms with van der Waals surface area (Å²) in [5.41, 5.74) is 3.10. The normalized spacial score (nSPS) is 12.7. The lowest BCUT2D eigenvalue weighted by molar-refractivity contribution is 0.215. The summed E-state index contributed by atoms with van der Waals surface area (Å²) in [5, 5.41) is 10.4. The van der Waals surface area contributed by atoms with E-state index in [1.807, 2.05) is 37.3 Å². The smallest absolute Gasteiger partial charge is 0.129 e. The minimum atomic E-state index is -0.914. The molecule has 1 atom stereocenters. The third-order valence-corrected chi connectivity index (χ3v) is 3.36. The van der Waals surface area contributed by atoms with Crippen molar-refractivity contribution in [1.29, 1.82) is 0 Å². The molecular weight excluding hydrogens is 251 g/mol. The van der Waals surface area contributed by atoms with Crippen LogP contribution in [0.25, 0.3) is 0 Å². The number of hydrogen-bond acceptors (Lipinski definition) is 1. The molecule has 0 aliphatic carbocycles. The first-order valence-corrected chi connectivity index (χ1v) is 7.00. The quantitative estimate of drug-likeness (QED) is 0.873. The maximum absolute atomic E-state index is 13.9. The summed E-state index contributed by atoms with van der Waals surface area (Å²) >= 11 is 0. The fourth-order valence-electron chi connectivity index (χ4n) is 2.40. The molecule has 106 valence electrons. The van der Waals surface area contributed by atoms with Crippen molar-refractivity contribution in [3.05, 3.63) is 70.5 Å². The van der Waals surface area contributed by atoms with Crippen LogP contribution in [0.5, 0.6) is 0 Å². The van der Waals surface area contributed by atoms with Crippen molar-refractivity contribution in [1.82, 2.24) is 0 Å². The highest BCUT2D eigenvalue weighted by Gasteiger charge is 2.15. The molecule has 20 heavy (non-hydrogen) atoms. The van der Waals surface area contributed by atoms with E-state index in [0.29, 0.717) is 11.5 Å². The molecular formula is C18H21FO. The standard InChI is InChI=1S/C18H21FO/c1-12(2)9-14-5-4-6-15(11-14)18(20)16-8-7-13(3)10-17(16)19/h4-8,10-12,18,20H,9H2,1-3H3. The van der Waals surface area contributed by atoms with Crippen LogP contribution in [0.4, 0.5) is 4.39 Å². The molecule has 0 radical (unpaired) electrons. The molecule has 2 heteroatoms. The first-order chi connectivity index (χ1) is 9.47. The second kappa shape index (κ2) is 6.19. The number of hydrogen-bond donors (Lipinski definition) is 1. The number of rotatable bonds is 4. The Labute approximate surface area is 120 Å². The van der Waals surface area contributed by atoms with E-state index in [-0.39, 0.29) is 5.82 Å². The molecule has 0 bridgehead atoms. The molecule has 0 aliphatic rings. The maximum atomic E-state index is 13.9. The zero-order valence-electron chi connectivity index (χ0n) is 12.2. The summed E-state index contributed by atoms with van der Waals surface area (Å²) in [6, 6.07) is 12.7. The molecule has 2 aromatic rings. The van der Waals surface area contributed by atoms with Gasteiger partial charge in [0.25, 0.3) is 0 Å². The molecule has 0 spiro atoms. The Morgan fingerprint density at radius 2 is 1.85 bits per heavy atom. The predicted molar refractivity (Wildman–Crippen MR) is 80.2 cm³/mol. The number of aliphatic hydroxyl groups is 1. The van der Waals surface area contributed by atoms with Crippen LogP contribution >= 0.6 is 0 Å². The monoisotopic (exact) mass is 272 g/mol. The fourth-order valence-corrected chi connectivity index (χ4v) is 2.40. The van der Waals surface area contributed by atoms with Gasteiger partial charge in [-0.3, -0.25) is 0 Å². The van der Waals surface area contributed by atoms with Gasteiger partial charge in [0.15, 0.2) is 0 Å². The van der Waals surface area contributed by atoms with Crippen LogP contribution in [0.15, 0.2) is 42.5 Å². The lowest BCUT2D eigenvalue weighted by Gasteiger charge is -2.14. The molecule has 1 N–H and O–H groups in total. The van der Waals surface area contributed by atoms with Gasteiger partial charge in [0.2, 0.25) is 0 Å². The summed E-state index contributed by atoms with van der Waals surface area (Å²) in [5.74, 6) is 0.199. The minimum Gasteiger partial charge on any atom is -0.384 e. The molecule has 0 aliphatic heterocycles. The van der Waals surface area contributed by atoms with Crippen molar-refractivity contribution in [3.8, 4) is 0 Å². The van der Waals surface area contributed by atoms with Crippen molar-refractivity contribution in [2.75, 3.05) is 0 Å². The Bertz CT molecular complexity index is 590. The molecule has 1 nitrogen and oxygen atoms in total. The van der Waals surface area contributed by atoms with E-state index in [1.54, 1.807) is 6.07 Å². The van der Waals surface area contributed by atoms with Crippen molar-refractivity contribution in [2.45, 2.75) is 33.3 Å². The molecule has 0 saturated heterocycles. The Hall–Kier alpha value is -1.67. The van der Waals surface area contributed by atoms with Crippen LogP contribution in [-0.2, 0) is 6.42 Å². The van der Waals surface area contributed by atoms with Crippen LogP contribution in [0.1, 0.15) is 42.2 Å². The third kappa shape index (κ3) is 3.45. The van der Waals surface area contributed by atoms with Gasteiger partial charge in [-0.15, -0.1) is 0 Å². The second-order valence-electron chi connectivity index (χ2n) is 5.77. The van der Waals surface area contributed by atoms with Crippen LogP contribution in [-0.4, -0.2) is 5.11 Å². The minimum absolute atomic E-state index is 0.331. The molecule has 0 fully saturated rings. The van der Waals surface area contributed by atoms with Gasteiger partial charge >= 0.3 is 0 Å². The van der Waals surface area contributed by atoms with E-state index < -0.39 is 6.10 Å². The number of aryl methyl sites for hydroxylation is 1. The Balaban J connectivity index is 2.30. The molecule has 0 heterocycles. The molecule has 2 aromatic carbocycles. The lowest BCUT2D eigenvalue weighted by atomic mass is 9.95. The number of halogens is 1. The fraction of sp³-hybridized carbons (Fsp3) is 0.333. The van der Waals surface area contributed by atoms with Crippen molar-refractivity contribution < 1.29 is 9.50 Å². The van der Waals surface area contributed by atoms with Crippen LogP contribution in [0.3, 0.4) is 0 Å². The molecule has 0 amide bonds. The highest BCUT2D eigenvalue weighted by molar-refractivity contribution is 5.34. The van der Waals surface area contributed by atoms with Gasteiger partial charge in [-0.1, -0.05) is 50.2 Å². The second-order valence-corrected chi connectivity index (χ2v) is 5.77. The van der Waals surface area contributed by atoms with Gasteiger partial charge in [0.05, 0.1) is 0 Å². The van der Waals surface area contributed by atoms with Crippen LogP contribution in [0, 0.1) is 18.7 Å². The van der Waals surface area contributed by atoms with E-state index in [2.05, 4.69) is 13.8 Å². The predicted octanol–water partition coefficient (Wildman–Crippen LogP) is 4.41. The number of benzene rings is 2. The van der Waals surface area contributed by atoms with Gasteiger partial charge < -0.3 is 5.11 Å². The maximum Gasteiger partial charge on any atom is 0.129 e. The summed E-state index contributed by atoms with van der Waals surface area (Å²) in [6.45, 7) is 6.15. The highest BCUT2D eigenvalue weighted by Crippen LogP contribution is 2.26. The molecule has 1 unspecified atom stereocenters. The average Bonchev–Trinajstić information content (AvgIpc) is 2.37. The van der Waals surface area contributed by atoms with Gasteiger partial charge in [0.1, 0.15) is 11.9 Å². The van der Waals surface area contributed by atoms with E-state index in [9.17, 15) is 9.50 Å². The SMILES string of the molecule is Cc1ccc(C(O)c2cccc(CC(C)C)c2)c(F)c1. The van der Waals surface area contributed by atoms with E-state index in [4.69, 9.17) is 0 Å². The van der Waals surface area contributed by atoms with Gasteiger partial charge in [-0.2, -0.15) is 0 Å². The largest absolute Gasteiger partial charge is 0.384 e. The zero-order chi connectivity index (χ0) is 14.7. The summed E-state index contributed by atoms with van der Waals surface area (Å²) in [6.07, 6.45) is 0.0411. The first-order valence-electron chi connectivity index (χ1n) is 7.00. The number of aliphatic hydroxyl groups excluding tert-OH is 1. The van der Waals surface area contributed by atoms with Crippen molar-refractivity contribution in [2.24, 2.45) is 5.92 Å². The lowest BCUT2D eigenvalue weighted by Crippen LogP contribution is -2.04. The highest BCUT2D eigenvalue weighted by atomic mass is 19.1. The summed E-state index contributed by atoms with van der Waals surface area (Å²) < 4.78 is 13.9. The Morgan fingerprint density at radius 3 is 2.50 bits per heavy atom. The first kappa shape index (κ1) is 14.7. The van der Waals surface area contributed by atoms with Crippen LogP contribution in [0.2, 0.25) is 0 Å². The molecule has 2 rings (SSSR count). The summed E-state index contributed by atoms with van der Waals surface area (Å²) in [4.78, 5) is 0. The van der Waals surface area contributed by atoms with Crippen LogP contribution < -0.4 is 0 Å².